The van der Waals surface area contributed by atoms with Crippen molar-refractivity contribution in [1.82, 2.24) is 15.2 Å². The zero-order valence-electron chi connectivity index (χ0n) is 13.5. The van der Waals surface area contributed by atoms with Crippen LogP contribution in [-0.2, 0) is 0 Å². The third kappa shape index (κ3) is 5.58. The summed E-state index contributed by atoms with van der Waals surface area (Å²) < 4.78 is 0. The SMILES string of the molecule is CC1CC(C)CN(CCCCNC(=O)c2cc(Cl)ccn2)C1. The zero-order valence-corrected chi connectivity index (χ0v) is 14.3. The molecule has 22 heavy (non-hydrogen) atoms. The molecule has 2 atom stereocenters. The number of hydrogen-bond donors (Lipinski definition) is 1. The fraction of sp³-hybridized carbons (Fsp3) is 0.647. The molecular weight excluding hydrogens is 298 g/mol. The van der Waals surface area contributed by atoms with Crippen LogP contribution in [0.2, 0.25) is 5.02 Å². The van der Waals surface area contributed by atoms with Crippen LogP contribution >= 0.6 is 11.6 Å². The highest BCUT2D eigenvalue weighted by Gasteiger charge is 2.20. The van der Waals surface area contributed by atoms with Gasteiger partial charge >= 0.3 is 0 Å². The van der Waals surface area contributed by atoms with Gasteiger partial charge < -0.3 is 10.2 Å². The molecule has 1 amide bonds. The summed E-state index contributed by atoms with van der Waals surface area (Å²) in [6.07, 6.45) is 5.00. The number of nitrogens with one attached hydrogen (secondary N) is 1. The molecule has 0 aliphatic carbocycles. The number of hydrogen-bond acceptors (Lipinski definition) is 3. The van der Waals surface area contributed by atoms with Crippen LogP contribution in [0.3, 0.4) is 0 Å². The zero-order chi connectivity index (χ0) is 15.9. The first-order valence-corrected chi connectivity index (χ1v) is 8.54. The van der Waals surface area contributed by atoms with Gasteiger partial charge in [-0.1, -0.05) is 25.4 Å². The third-order valence-electron chi connectivity index (χ3n) is 4.09. The molecule has 1 aliphatic heterocycles. The lowest BCUT2D eigenvalue weighted by Crippen LogP contribution is -2.39. The molecular formula is C17H26ClN3O. The van der Waals surface area contributed by atoms with Gasteiger partial charge in [0.1, 0.15) is 5.69 Å². The first-order valence-electron chi connectivity index (χ1n) is 8.16. The molecule has 0 bridgehead atoms. The van der Waals surface area contributed by atoms with E-state index in [0.717, 1.165) is 31.2 Å². The van der Waals surface area contributed by atoms with Crippen molar-refractivity contribution in [3.63, 3.8) is 0 Å². The van der Waals surface area contributed by atoms with Crippen molar-refractivity contribution < 1.29 is 4.79 Å². The Labute approximate surface area is 138 Å². The Balaban J connectivity index is 1.62. The van der Waals surface area contributed by atoms with E-state index in [4.69, 9.17) is 11.6 Å². The maximum absolute atomic E-state index is 11.9. The predicted molar refractivity (Wildman–Crippen MR) is 90.2 cm³/mol. The fourth-order valence-electron chi connectivity index (χ4n) is 3.26. The van der Waals surface area contributed by atoms with Crippen LogP contribution in [0.25, 0.3) is 0 Å². The maximum atomic E-state index is 11.9. The predicted octanol–water partition coefficient (Wildman–Crippen LogP) is 3.22. The summed E-state index contributed by atoms with van der Waals surface area (Å²) >= 11 is 5.86. The first kappa shape index (κ1) is 17.2. The minimum Gasteiger partial charge on any atom is -0.351 e. The molecule has 2 rings (SSSR count). The van der Waals surface area contributed by atoms with Gasteiger partial charge in [-0.05, 0) is 49.8 Å². The second-order valence-electron chi connectivity index (χ2n) is 6.53. The molecule has 0 radical (unpaired) electrons. The highest BCUT2D eigenvalue weighted by molar-refractivity contribution is 6.30. The minimum absolute atomic E-state index is 0.150. The molecule has 2 unspecified atom stereocenters. The first-order chi connectivity index (χ1) is 10.5. The topological polar surface area (TPSA) is 45.2 Å². The van der Waals surface area contributed by atoms with Gasteiger partial charge in [0, 0.05) is 30.9 Å². The number of carbonyl (C=O) groups is 1. The number of nitrogens with zero attached hydrogens (tertiary/aromatic N) is 2. The molecule has 4 nitrogen and oxygen atoms in total. The average Bonchev–Trinajstić information content (AvgIpc) is 2.45. The van der Waals surface area contributed by atoms with E-state index < -0.39 is 0 Å². The molecule has 1 aromatic heterocycles. The summed E-state index contributed by atoms with van der Waals surface area (Å²) in [5, 5.41) is 3.44. The van der Waals surface area contributed by atoms with E-state index in [2.05, 4.69) is 29.0 Å². The molecule has 1 aliphatic rings. The highest BCUT2D eigenvalue weighted by atomic mass is 35.5. The van der Waals surface area contributed by atoms with Crippen molar-refractivity contribution in [3.05, 3.63) is 29.0 Å². The van der Waals surface area contributed by atoms with Crippen molar-refractivity contribution in [1.29, 1.82) is 0 Å². The molecule has 0 spiro atoms. The van der Waals surface area contributed by atoms with Crippen LogP contribution < -0.4 is 5.32 Å². The molecule has 122 valence electrons. The van der Waals surface area contributed by atoms with Gasteiger partial charge in [0.15, 0.2) is 0 Å². The van der Waals surface area contributed by atoms with Crippen LogP contribution in [0.15, 0.2) is 18.3 Å². The van der Waals surface area contributed by atoms with E-state index in [1.807, 2.05) is 0 Å². The Morgan fingerprint density at radius 2 is 2.09 bits per heavy atom. The Morgan fingerprint density at radius 1 is 1.36 bits per heavy atom. The number of rotatable bonds is 6. The number of halogens is 1. The molecule has 1 N–H and O–H groups in total. The van der Waals surface area contributed by atoms with E-state index in [9.17, 15) is 4.79 Å². The van der Waals surface area contributed by atoms with E-state index in [1.165, 1.54) is 19.5 Å². The third-order valence-corrected chi connectivity index (χ3v) is 4.32. The fourth-order valence-corrected chi connectivity index (χ4v) is 3.42. The number of aromatic nitrogens is 1. The monoisotopic (exact) mass is 323 g/mol. The van der Waals surface area contributed by atoms with Crippen molar-refractivity contribution in [2.45, 2.75) is 33.1 Å². The van der Waals surface area contributed by atoms with E-state index in [1.54, 1.807) is 18.3 Å². The molecule has 2 heterocycles. The van der Waals surface area contributed by atoms with Gasteiger partial charge in [-0.15, -0.1) is 0 Å². The molecule has 1 saturated heterocycles. The summed E-state index contributed by atoms with van der Waals surface area (Å²) in [7, 11) is 0. The number of carbonyl (C=O) groups excluding carboxylic acids is 1. The van der Waals surface area contributed by atoms with Crippen molar-refractivity contribution >= 4 is 17.5 Å². The summed E-state index contributed by atoms with van der Waals surface area (Å²) in [4.78, 5) is 18.5. The Hall–Kier alpha value is -1.13. The highest BCUT2D eigenvalue weighted by Crippen LogP contribution is 2.20. The van der Waals surface area contributed by atoms with Gasteiger partial charge in [0.2, 0.25) is 0 Å². The molecule has 0 aromatic carbocycles. The van der Waals surface area contributed by atoms with Gasteiger partial charge in [-0.2, -0.15) is 0 Å². The standard InChI is InChI=1S/C17H26ClN3O/c1-13-9-14(2)12-21(11-13)8-4-3-6-20-17(22)16-10-15(18)5-7-19-16/h5,7,10,13-14H,3-4,6,8-9,11-12H2,1-2H3,(H,20,22). The molecule has 1 fully saturated rings. The molecule has 1 aromatic rings. The Bertz CT molecular complexity index is 485. The van der Waals surface area contributed by atoms with E-state index >= 15 is 0 Å². The lowest BCUT2D eigenvalue weighted by molar-refractivity contribution is 0.0946. The van der Waals surface area contributed by atoms with Crippen molar-refractivity contribution in [2.75, 3.05) is 26.2 Å². The van der Waals surface area contributed by atoms with Crippen LogP contribution in [0.5, 0.6) is 0 Å². The number of amides is 1. The molecule has 5 heteroatoms. The largest absolute Gasteiger partial charge is 0.351 e. The maximum Gasteiger partial charge on any atom is 0.269 e. The summed E-state index contributed by atoms with van der Waals surface area (Å²) in [5.74, 6) is 1.46. The normalized spacial score (nSPS) is 22.5. The number of pyridine rings is 1. The van der Waals surface area contributed by atoms with Gasteiger partial charge in [-0.3, -0.25) is 9.78 Å². The number of unbranched alkanes of at least 4 members (excludes halogenated alkanes) is 1. The second kappa shape index (κ2) is 8.49. The van der Waals surface area contributed by atoms with Gasteiger partial charge in [0.05, 0.1) is 0 Å². The smallest absolute Gasteiger partial charge is 0.269 e. The van der Waals surface area contributed by atoms with Crippen molar-refractivity contribution in [2.24, 2.45) is 11.8 Å². The van der Waals surface area contributed by atoms with Crippen LogP contribution in [-0.4, -0.2) is 42.0 Å². The van der Waals surface area contributed by atoms with Crippen LogP contribution in [0.4, 0.5) is 0 Å². The lowest BCUT2D eigenvalue weighted by Gasteiger charge is -2.34. The van der Waals surface area contributed by atoms with Gasteiger partial charge in [0.25, 0.3) is 5.91 Å². The number of likely N-dealkylation sites (tertiary alicyclic amines) is 1. The quantitative estimate of drug-likeness (QED) is 0.818. The van der Waals surface area contributed by atoms with Gasteiger partial charge in [-0.25, -0.2) is 0 Å². The summed E-state index contributed by atoms with van der Waals surface area (Å²) in [5.41, 5.74) is 0.381. The Morgan fingerprint density at radius 3 is 2.77 bits per heavy atom. The number of piperidine rings is 1. The average molecular weight is 324 g/mol. The van der Waals surface area contributed by atoms with Crippen LogP contribution in [0, 0.1) is 11.8 Å². The molecule has 0 saturated carbocycles. The minimum atomic E-state index is -0.150. The van der Waals surface area contributed by atoms with Crippen molar-refractivity contribution in [3.8, 4) is 0 Å². The van der Waals surface area contributed by atoms with E-state index in [-0.39, 0.29) is 5.91 Å². The van der Waals surface area contributed by atoms with Crippen LogP contribution in [0.1, 0.15) is 43.6 Å². The summed E-state index contributed by atoms with van der Waals surface area (Å²) in [6.45, 7) is 8.90. The second-order valence-corrected chi connectivity index (χ2v) is 6.96. The van der Waals surface area contributed by atoms with E-state index in [0.29, 0.717) is 17.3 Å². The summed E-state index contributed by atoms with van der Waals surface area (Å²) in [6, 6.07) is 3.26. The Kier molecular flexibility index (Phi) is 6.65. The lowest BCUT2D eigenvalue weighted by atomic mass is 9.92.